The molecule has 0 unspecified atom stereocenters. The van der Waals surface area contributed by atoms with E-state index >= 15 is 0 Å². The molecule has 0 spiro atoms. The second-order valence-electron chi connectivity index (χ2n) is 4.83. The lowest BCUT2D eigenvalue weighted by Gasteiger charge is -2.20. The van der Waals surface area contributed by atoms with Crippen LogP contribution >= 0.6 is 0 Å². The summed E-state index contributed by atoms with van der Waals surface area (Å²) in [5, 5.41) is 3.24. The van der Waals surface area contributed by atoms with Crippen molar-refractivity contribution in [2.45, 2.75) is 24.9 Å². The predicted molar refractivity (Wildman–Crippen MR) is 65.0 cm³/mol. The maximum atomic E-state index is 12.9. The zero-order valence-corrected chi connectivity index (χ0v) is 10.2. The molecule has 2 aromatic heterocycles. The van der Waals surface area contributed by atoms with Gasteiger partial charge in [0.2, 0.25) is 0 Å². The zero-order valence-electron chi connectivity index (χ0n) is 10.2. The summed E-state index contributed by atoms with van der Waals surface area (Å²) in [5.74, 6) is 0.252. The number of rotatable bonds is 1. The Hall–Kier alpha value is -1.56. The second-order valence-corrected chi connectivity index (χ2v) is 4.83. The van der Waals surface area contributed by atoms with Gasteiger partial charge in [0, 0.05) is 12.1 Å². The fraction of sp³-hybridized carbons (Fsp3) is 0.462. The van der Waals surface area contributed by atoms with Crippen LogP contribution in [-0.4, -0.2) is 22.5 Å². The molecule has 0 atom stereocenters. The number of alkyl halides is 3. The van der Waals surface area contributed by atoms with Gasteiger partial charge in [-0.05, 0) is 38.1 Å². The monoisotopic (exact) mass is 269 g/mol. The summed E-state index contributed by atoms with van der Waals surface area (Å²) < 4.78 is 39.9. The highest BCUT2D eigenvalue weighted by Crippen LogP contribution is 2.31. The molecule has 1 N–H and O–H groups in total. The minimum atomic E-state index is -4.36. The van der Waals surface area contributed by atoms with Crippen LogP contribution in [0.25, 0.3) is 5.65 Å². The van der Waals surface area contributed by atoms with Gasteiger partial charge in [-0.25, -0.2) is 4.98 Å². The van der Waals surface area contributed by atoms with Crippen LogP contribution in [0.4, 0.5) is 13.2 Å². The van der Waals surface area contributed by atoms with Gasteiger partial charge in [0.05, 0.1) is 5.69 Å². The van der Waals surface area contributed by atoms with Crippen LogP contribution in [0, 0.1) is 0 Å². The number of imidazole rings is 1. The Balaban J connectivity index is 2.05. The van der Waals surface area contributed by atoms with Gasteiger partial charge < -0.3 is 5.32 Å². The normalized spacial score (nSPS) is 18.1. The van der Waals surface area contributed by atoms with Crippen LogP contribution in [0.1, 0.15) is 30.1 Å². The maximum absolute atomic E-state index is 12.9. The van der Waals surface area contributed by atoms with Gasteiger partial charge in [0.15, 0.2) is 0 Å². The van der Waals surface area contributed by atoms with Crippen molar-refractivity contribution in [3.05, 3.63) is 35.8 Å². The Bertz CT molecular complexity index is 582. The fourth-order valence-corrected chi connectivity index (χ4v) is 2.58. The smallest absolute Gasteiger partial charge is 0.317 e. The second kappa shape index (κ2) is 4.52. The van der Waals surface area contributed by atoms with E-state index in [4.69, 9.17) is 0 Å². The Morgan fingerprint density at radius 3 is 2.63 bits per heavy atom. The van der Waals surface area contributed by atoms with E-state index in [0.717, 1.165) is 42.1 Å². The molecule has 19 heavy (non-hydrogen) atoms. The van der Waals surface area contributed by atoms with Crippen LogP contribution in [0.5, 0.6) is 0 Å². The number of pyridine rings is 1. The summed E-state index contributed by atoms with van der Waals surface area (Å²) in [7, 11) is 0. The third-order valence-corrected chi connectivity index (χ3v) is 3.56. The molecule has 1 aliphatic rings. The van der Waals surface area contributed by atoms with E-state index in [1.807, 2.05) is 0 Å². The number of aromatic nitrogens is 2. The summed E-state index contributed by atoms with van der Waals surface area (Å²) in [6.07, 6.45) is -0.976. The van der Waals surface area contributed by atoms with Crippen LogP contribution in [0.2, 0.25) is 0 Å². The number of fused-ring (bicyclic) bond motifs is 1. The summed E-state index contributed by atoms with van der Waals surface area (Å²) in [6, 6.07) is 4.10. The van der Waals surface area contributed by atoms with Crippen LogP contribution in [0.15, 0.2) is 24.4 Å². The quantitative estimate of drug-likeness (QED) is 0.862. The molecule has 0 radical (unpaired) electrons. The lowest BCUT2D eigenvalue weighted by molar-refractivity contribution is -0.142. The van der Waals surface area contributed by atoms with Gasteiger partial charge in [-0.2, -0.15) is 13.2 Å². The molecule has 0 amide bonds. The minimum Gasteiger partial charge on any atom is -0.317 e. The van der Waals surface area contributed by atoms with E-state index in [9.17, 15) is 13.2 Å². The lowest BCUT2D eigenvalue weighted by Crippen LogP contribution is -2.26. The molecule has 1 saturated heterocycles. The van der Waals surface area contributed by atoms with E-state index in [1.165, 1.54) is 12.3 Å². The standard InChI is InChI=1S/C13H14F3N3/c14-13(15,16)11-2-1-3-12-18-10(8-19(11)12)9-4-6-17-7-5-9/h1-3,8-9,17H,4-7H2. The van der Waals surface area contributed by atoms with Gasteiger partial charge in [-0.1, -0.05) is 6.07 Å². The first-order valence-electron chi connectivity index (χ1n) is 6.31. The average Bonchev–Trinajstić information content (AvgIpc) is 2.82. The molecule has 3 rings (SSSR count). The van der Waals surface area contributed by atoms with Crippen molar-refractivity contribution in [3.63, 3.8) is 0 Å². The van der Waals surface area contributed by atoms with E-state index in [2.05, 4.69) is 10.3 Å². The van der Waals surface area contributed by atoms with Gasteiger partial charge in [-0.3, -0.25) is 4.40 Å². The van der Waals surface area contributed by atoms with Crippen molar-refractivity contribution < 1.29 is 13.2 Å². The largest absolute Gasteiger partial charge is 0.431 e. The molecule has 0 aliphatic carbocycles. The topological polar surface area (TPSA) is 29.3 Å². The summed E-state index contributed by atoms with van der Waals surface area (Å²) in [5.41, 5.74) is 0.458. The van der Waals surface area contributed by atoms with Gasteiger partial charge in [0.25, 0.3) is 0 Å². The van der Waals surface area contributed by atoms with Gasteiger partial charge in [0.1, 0.15) is 11.3 Å². The zero-order chi connectivity index (χ0) is 13.5. The van der Waals surface area contributed by atoms with Crippen molar-refractivity contribution >= 4 is 5.65 Å². The maximum Gasteiger partial charge on any atom is 0.431 e. The molecule has 3 nitrogen and oxygen atoms in total. The van der Waals surface area contributed by atoms with Crippen molar-refractivity contribution in [2.75, 3.05) is 13.1 Å². The average molecular weight is 269 g/mol. The first-order chi connectivity index (χ1) is 9.05. The molecule has 0 bridgehead atoms. The molecule has 1 aliphatic heterocycles. The number of piperidine rings is 1. The van der Waals surface area contributed by atoms with Crippen molar-refractivity contribution in [2.24, 2.45) is 0 Å². The molecule has 0 saturated carbocycles. The molecule has 1 fully saturated rings. The van der Waals surface area contributed by atoms with Gasteiger partial charge in [-0.15, -0.1) is 0 Å². The Morgan fingerprint density at radius 1 is 1.21 bits per heavy atom. The highest BCUT2D eigenvalue weighted by Gasteiger charge is 2.33. The number of halogens is 3. The molecular weight excluding hydrogens is 255 g/mol. The van der Waals surface area contributed by atoms with Crippen LogP contribution < -0.4 is 5.32 Å². The summed E-state index contributed by atoms with van der Waals surface area (Å²) >= 11 is 0. The molecular formula is C13H14F3N3. The molecule has 2 aromatic rings. The Kier molecular flexibility index (Phi) is 2.97. The number of hydrogen-bond acceptors (Lipinski definition) is 2. The van der Waals surface area contributed by atoms with Crippen molar-refractivity contribution in [3.8, 4) is 0 Å². The lowest BCUT2D eigenvalue weighted by atomic mass is 9.95. The predicted octanol–water partition coefficient (Wildman–Crippen LogP) is 2.82. The Morgan fingerprint density at radius 2 is 1.95 bits per heavy atom. The number of hydrogen-bond donors (Lipinski definition) is 1. The highest BCUT2D eigenvalue weighted by molar-refractivity contribution is 5.43. The first-order valence-corrected chi connectivity index (χ1v) is 6.31. The van der Waals surface area contributed by atoms with E-state index in [-0.39, 0.29) is 5.92 Å². The number of nitrogens with one attached hydrogen (secondary N) is 1. The summed E-state index contributed by atoms with van der Waals surface area (Å²) in [6.45, 7) is 1.79. The number of nitrogens with zero attached hydrogens (tertiary/aromatic N) is 2. The van der Waals surface area contributed by atoms with E-state index in [1.54, 1.807) is 6.07 Å². The fourth-order valence-electron chi connectivity index (χ4n) is 2.58. The van der Waals surface area contributed by atoms with Crippen LogP contribution in [0.3, 0.4) is 0 Å². The van der Waals surface area contributed by atoms with Crippen LogP contribution in [-0.2, 0) is 6.18 Å². The molecule has 6 heteroatoms. The van der Waals surface area contributed by atoms with Gasteiger partial charge >= 0.3 is 6.18 Å². The highest BCUT2D eigenvalue weighted by atomic mass is 19.4. The first kappa shape index (κ1) is 12.5. The third-order valence-electron chi connectivity index (χ3n) is 3.56. The molecule has 102 valence electrons. The third kappa shape index (κ3) is 2.32. The minimum absolute atomic E-state index is 0.252. The van der Waals surface area contributed by atoms with Crippen molar-refractivity contribution in [1.29, 1.82) is 0 Å². The van der Waals surface area contributed by atoms with E-state index in [0.29, 0.717) is 5.65 Å². The molecule has 0 aromatic carbocycles. The Labute approximate surface area is 108 Å². The molecule has 3 heterocycles. The van der Waals surface area contributed by atoms with Crippen molar-refractivity contribution in [1.82, 2.24) is 14.7 Å². The SMILES string of the molecule is FC(F)(F)c1cccc2nc(C3CCNCC3)cn12. The van der Waals surface area contributed by atoms with E-state index < -0.39 is 11.9 Å². The summed E-state index contributed by atoms with van der Waals surface area (Å²) in [4.78, 5) is 4.35.